The van der Waals surface area contributed by atoms with Crippen LogP contribution in [0.15, 0.2) is 42.5 Å². The Morgan fingerprint density at radius 2 is 1.94 bits per heavy atom. The highest BCUT2D eigenvalue weighted by Gasteiger charge is 2.12. The van der Waals surface area contributed by atoms with Gasteiger partial charge in [0.2, 0.25) is 0 Å². The summed E-state index contributed by atoms with van der Waals surface area (Å²) in [6.45, 7) is 5.29. The van der Waals surface area contributed by atoms with Gasteiger partial charge in [-0.2, -0.15) is 0 Å². The smallest absolute Gasteiger partial charge is 0.167 e. The SMILES string of the molecule is C/C=C/C(COC(CBr)OCC)c1ccccc1. The molecule has 18 heavy (non-hydrogen) atoms. The molecule has 0 aliphatic heterocycles. The van der Waals surface area contributed by atoms with Crippen LogP contribution in [-0.2, 0) is 9.47 Å². The Morgan fingerprint density at radius 1 is 1.22 bits per heavy atom. The molecule has 0 aliphatic carbocycles. The number of allylic oxidation sites excluding steroid dienone is 1. The van der Waals surface area contributed by atoms with Crippen molar-refractivity contribution in [3.8, 4) is 0 Å². The summed E-state index contributed by atoms with van der Waals surface area (Å²) in [4.78, 5) is 0. The summed E-state index contributed by atoms with van der Waals surface area (Å²) in [5, 5.41) is 0.693. The van der Waals surface area contributed by atoms with Crippen LogP contribution >= 0.6 is 15.9 Å². The fourth-order valence-corrected chi connectivity index (χ4v) is 2.10. The Hall–Kier alpha value is -0.640. The monoisotopic (exact) mass is 312 g/mol. The zero-order valence-electron chi connectivity index (χ0n) is 11.0. The minimum Gasteiger partial charge on any atom is -0.352 e. The third kappa shape index (κ3) is 5.34. The molecule has 1 aromatic carbocycles. The molecule has 0 bridgehead atoms. The van der Waals surface area contributed by atoms with Crippen LogP contribution in [0.3, 0.4) is 0 Å². The zero-order valence-corrected chi connectivity index (χ0v) is 12.6. The average Bonchev–Trinajstić information content (AvgIpc) is 2.43. The zero-order chi connectivity index (χ0) is 13.2. The normalized spacial score (nSPS) is 14.8. The van der Waals surface area contributed by atoms with E-state index in [2.05, 4.69) is 52.3 Å². The minimum atomic E-state index is -0.175. The van der Waals surface area contributed by atoms with Gasteiger partial charge in [-0.1, -0.05) is 58.4 Å². The van der Waals surface area contributed by atoms with Crippen LogP contribution < -0.4 is 0 Å². The molecule has 2 atom stereocenters. The van der Waals surface area contributed by atoms with Gasteiger partial charge in [0.05, 0.1) is 11.9 Å². The van der Waals surface area contributed by atoms with Crippen LogP contribution in [0.5, 0.6) is 0 Å². The Balaban J connectivity index is 2.58. The summed E-state index contributed by atoms with van der Waals surface area (Å²) in [6.07, 6.45) is 4.05. The molecule has 0 saturated heterocycles. The lowest BCUT2D eigenvalue weighted by atomic mass is 10.00. The highest BCUT2D eigenvalue weighted by molar-refractivity contribution is 9.09. The molecule has 0 saturated carbocycles. The first-order valence-corrected chi connectivity index (χ1v) is 7.40. The van der Waals surface area contributed by atoms with E-state index in [1.807, 2.05) is 19.9 Å². The van der Waals surface area contributed by atoms with E-state index in [9.17, 15) is 0 Å². The van der Waals surface area contributed by atoms with Crippen molar-refractivity contribution in [2.24, 2.45) is 0 Å². The quantitative estimate of drug-likeness (QED) is 0.408. The van der Waals surface area contributed by atoms with Crippen LogP contribution in [0, 0.1) is 0 Å². The summed E-state index contributed by atoms with van der Waals surface area (Å²) in [6, 6.07) is 10.4. The fourth-order valence-electron chi connectivity index (χ4n) is 1.73. The number of hydrogen-bond acceptors (Lipinski definition) is 2. The third-order valence-corrected chi connectivity index (χ3v) is 3.12. The summed E-state index contributed by atoms with van der Waals surface area (Å²) >= 11 is 3.39. The predicted octanol–water partition coefficient (Wildman–Crippen LogP) is 4.12. The molecule has 0 amide bonds. The molecule has 0 N–H and O–H groups in total. The van der Waals surface area contributed by atoms with Gasteiger partial charge in [0.1, 0.15) is 0 Å². The fraction of sp³-hybridized carbons (Fsp3) is 0.467. The molecule has 1 rings (SSSR count). The van der Waals surface area contributed by atoms with Crippen molar-refractivity contribution in [3.63, 3.8) is 0 Å². The largest absolute Gasteiger partial charge is 0.352 e. The molecule has 0 aliphatic rings. The van der Waals surface area contributed by atoms with Gasteiger partial charge >= 0.3 is 0 Å². The summed E-state index contributed by atoms with van der Waals surface area (Å²) in [5.74, 6) is 0.276. The second kappa shape index (κ2) is 9.31. The van der Waals surface area contributed by atoms with Gasteiger partial charge in [0.25, 0.3) is 0 Å². The van der Waals surface area contributed by atoms with Gasteiger partial charge in [-0.3, -0.25) is 0 Å². The Morgan fingerprint density at radius 3 is 2.50 bits per heavy atom. The number of halogens is 1. The lowest BCUT2D eigenvalue weighted by molar-refractivity contribution is -0.124. The van der Waals surface area contributed by atoms with Gasteiger partial charge in [-0.15, -0.1) is 0 Å². The number of ether oxygens (including phenoxy) is 2. The topological polar surface area (TPSA) is 18.5 Å². The molecule has 100 valence electrons. The van der Waals surface area contributed by atoms with E-state index >= 15 is 0 Å². The highest BCUT2D eigenvalue weighted by Crippen LogP contribution is 2.18. The Labute approximate surface area is 118 Å². The number of hydrogen-bond donors (Lipinski definition) is 0. The van der Waals surface area contributed by atoms with E-state index in [0.29, 0.717) is 18.5 Å². The first-order chi connectivity index (χ1) is 8.81. The second-order valence-corrected chi connectivity index (χ2v) is 4.56. The van der Waals surface area contributed by atoms with Gasteiger partial charge in [-0.25, -0.2) is 0 Å². The molecular formula is C15H21BrO2. The summed E-state index contributed by atoms with van der Waals surface area (Å²) in [5.41, 5.74) is 1.26. The Kier molecular flexibility index (Phi) is 7.98. The van der Waals surface area contributed by atoms with Crippen LogP contribution in [-0.4, -0.2) is 24.8 Å². The van der Waals surface area contributed by atoms with Gasteiger partial charge in [0.15, 0.2) is 6.29 Å². The third-order valence-electron chi connectivity index (χ3n) is 2.59. The number of benzene rings is 1. The van der Waals surface area contributed by atoms with Gasteiger partial charge in [-0.05, 0) is 19.4 Å². The van der Waals surface area contributed by atoms with Gasteiger partial charge in [0, 0.05) is 12.5 Å². The molecule has 3 heteroatoms. The molecule has 0 aromatic heterocycles. The molecule has 0 spiro atoms. The van der Waals surface area contributed by atoms with Crippen molar-refractivity contribution in [3.05, 3.63) is 48.0 Å². The Bertz CT molecular complexity index is 338. The summed E-state index contributed by atoms with van der Waals surface area (Å²) in [7, 11) is 0. The van der Waals surface area contributed by atoms with E-state index in [-0.39, 0.29) is 12.2 Å². The molecule has 1 aromatic rings. The van der Waals surface area contributed by atoms with Crippen molar-refractivity contribution >= 4 is 15.9 Å². The molecule has 0 fully saturated rings. The first kappa shape index (κ1) is 15.4. The lowest BCUT2D eigenvalue weighted by Gasteiger charge is -2.19. The minimum absolute atomic E-state index is 0.175. The van der Waals surface area contributed by atoms with E-state index in [1.165, 1.54) is 5.56 Å². The van der Waals surface area contributed by atoms with Crippen molar-refractivity contribution in [1.82, 2.24) is 0 Å². The van der Waals surface area contributed by atoms with Crippen molar-refractivity contribution in [2.45, 2.75) is 26.1 Å². The van der Waals surface area contributed by atoms with Crippen LogP contribution in [0.1, 0.15) is 25.3 Å². The predicted molar refractivity (Wildman–Crippen MR) is 79.2 cm³/mol. The van der Waals surface area contributed by atoms with Crippen molar-refractivity contribution in [1.29, 1.82) is 0 Å². The highest BCUT2D eigenvalue weighted by atomic mass is 79.9. The molecule has 0 heterocycles. The van der Waals surface area contributed by atoms with E-state index in [4.69, 9.17) is 9.47 Å². The van der Waals surface area contributed by atoms with E-state index in [0.717, 1.165) is 0 Å². The molecule has 2 nitrogen and oxygen atoms in total. The molecular weight excluding hydrogens is 292 g/mol. The number of alkyl halides is 1. The van der Waals surface area contributed by atoms with E-state index < -0.39 is 0 Å². The lowest BCUT2D eigenvalue weighted by Crippen LogP contribution is -2.21. The van der Waals surface area contributed by atoms with Crippen LogP contribution in [0.4, 0.5) is 0 Å². The van der Waals surface area contributed by atoms with E-state index in [1.54, 1.807) is 0 Å². The standard InChI is InChI=1S/C15H21BrO2/c1-3-8-14(13-9-6-5-7-10-13)12-18-15(11-16)17-4-2/h3,5-10,14-15H,4,11-12H2,1-2H3/b8-3+. The van der Waals surface area contributed by atoms with Crippen LogP contribution in [0.25, 0.3) is 0 Å². The number of rotatable bonds is 8. The van der Waals surface area contributed by atoms with Gasteiger partial charge < -0.3 is 9.47 Å². The molecule has 0 radical (unpaired) electrons. The van der Waals surface area contributed by atoms with Crippen molar-refractivity contribution < 1.29 is 9.47 Å². The maximum atomic E-state index is 5.78. The van der Waals surface area contributed by atoms with Crippen molar-refractivity contribution in [2.75, 3.05) is 18.5 Å². The maximum absolute atomic E-state index is 5.78. The summed E-state index contributed by atoms with van der Waals surface area (Å²) < 4.78 is 11.2. The average molecular weight is 313 g/mol. The maximum Gasteiger partial charge on any atom is 0.167 e. The second-order valence-electron chi connectivity index (χ2n) is 3.92. The first-order valence-electron chi connectivity index (χ1n) is 6.28. The van der Waals surface area contributed by atoms with Crippen LogP contribution in [0.2, 0.25) is 0 Å². The molecule has 2 unspecified atom stereocenters.